The molecule has 3 aliphatic carbocycles. The summed E-state index contributed by atoms with van der Waals surface area (Å²) < 4.78 is 5.01. The van der Waals surface area contributed by atoms with Gasteiger partial charge in [0.25, 0.3) is 0 Å². The summed E-state index contributed by atoms with van der Waals surface area (Å²) in [4.78, 5) is 0. The van der Waals surface area contributed by atoms with Gasteiger partial charge in [-0.2, -0.15) is 0 Å². The standard InChI is InChI=1S/C66H50N2/c1-65(2)57-21-13-11-19-49(57)53-37-55-51-33-27-45(41-15-7-5-8-16-41)35-61(51)67(63(55)39-59(53)65)47-29-23-43(24-30-47)44-25-31-48(32-26-44)68-62-36-46(42-17-9-6-10-18-42)28-34-52(62)56-38-54-50-20-12-14-22-58(50)66(3,4)60(54)40-64(56)68/h5-11,13-19,21-40H,12,20H2,1-4H3. The molecule has 0 fully saturated rings. The molecule has 68 heavy (non-hydrogen) atoms. The van der Waals surface area contributed by atoms with Gasteiger partial charge in [-0.3, -0.25) is 0 Å². The zero-order valence-corrected chi connectivity index (χ0v) is 38.9. The van der Waals surface area contributed by atoms with Gasteiger partial charge in [0.05, 0.1) is 22.1 Å². The molecule has 14 rings (SSSR count). The first-order valence-corrected chi connectivity index (χ1v) is 24.3. The maximum atomic E-state index is 2.51. The van der Waals surface area contributed by atoms with Gasteiger partial charge in [0, 0.05) is 43.7 Å². The van der Waals surface area contributed by atoms with Gasteiger partial charge in [0.15, 0.2) is 0 Å². The van der Waals surface area contributed by atoms with Crippen molar-refractivity contribution in [1.29, 1.82) is 0 Å². The maximum absolute atomic E-state index is 2.51. The summed E-state index contributed by atoms with van der Waals surface area (Å²) in [6.07, 6.45) is 6.97. The van der Waals surface area contributed by atoms with E-state index in [4.69, 9.17) is 0 Å². The summed E-state index contributed by atoms with van der Waals surface area (Å²) in [6, 6.07) is 73.0. The molecule has 2 aromatic heterocycles. The third kappa shape index (κ3) is 5.58. The molecule has 0 atom stereocenters. The molecule has 324 valence electrons. The topological polar surface area (TPSA) is 9.86 Å². The highest BCUT2D eigenvalue weighted by atomic mass is 15.0. The molecular weight excluding hydrogens is 821 g/mol. The molecule has 0 bridgehead atoms. The molecule has 2 heteroatoms. The number of aromatic nitrogens is 2. The van der Waals surface area contributed by atoms with Gasteiger partial charge in [-0.1, -0.05) is 173 Å². The summed E-state index contributed by atoms with van der Waals surface area (Å²) in [5.41, 5.74) is 25.8. The fourth-order valence-electron chi connectivity index (χ4n) is 12.5. The number of fused-ring (bicyclic) bond motifs is 11. The minimum Gasteiger partial charge on any atom is -0.309 e. The molecule has 9 aromatic carbocycles. The first-order chi connectivity index (χ1) is 33.2. The van der Waals surface area contributed by atoms with Gasteiger partial charge in [0.2, 0.25) is 0 Å². The third-order valence-corrected chi connectivity index (χ3v) is 16.0. The normalized spacial score (nSPS) is 15.4. The summed E-state index contributed by atoms with van der Waals surface area (Å²) >= 11 is 0. The Morgan fingerprint density at radius 1 is 0.353 bits per heavy atom. The van der Waals surface area contributed by atoms with Gasteiger partial charge >= 0.3 is 0 Å². The van der Waals surface area contributed by atoms with E-state index in [-0.39, 0.29) is 10.8 Å². The first kappa shape index (κ1) is 39.2. The van der Waals surface area contributed by atoms with Crippen molar-refractivity contribution < 1.29 is 0 Å². The van der Waals surface area contributed by atoms with Crippen LogP contribution in [-0.2, 0) is 10.8 Å². The Labute approximate surface area is 397 Å². The van der Waals surface area contributed by atoms with Crippen molar-refractivity contribution in [3.05, 3.63) is 234 Å². The van der Waals surface area contributed by atoms with E-state index in [0.717, 1.165) is 18.5 Å². The van der Waals surface area contributed by atoms with E-state index in [9.17, 15) is 0 Å². The second-order valence-corrected chi connectivity index (χ2v) is 20.4. The Morgan fingerprint density at radius 2 is 0.809 bits per heavy atom. The predicted molar refractivity (Wildman–Crippen MR) is 287 cm³/mol. The number of hydrogen-bond donors (Lipinski definition) is 0. The molecule has 2 heterocycles. The van der Waals surface area contributed by atoms with Crippen LogP contribution < -0.4 is 0 Å². The quantitative estimate of drug-likeness (QED) is 0.163. The monoisotopic (exact) mass is 870 g/mol. The van der Waals surface area contributed by atoms with Crippen molar-refractivity contribution in [2.24, 2.45) is 0 Å². The molecule has 0 unspecified atom stereocenters. The van der Waals surface area contributed by atoms with Crippen LogP contribution in [0.4, 0.5) is 0 Å². The molecular formula is C66H50N2. The first-order valence-electron chi connectivity index (χ1n) is 24.3. The predicted octanol–water partition coefficient (Wildman–Crippen LogP) is 17.6. The molecule has 0 N–H and O–H groups in total. The SMILES string of the molecule is CC1(C)C2=C(CCC=C2)c2cc3c4ccc(-c5ccccc5)cc4n(-c4ccc(-c5ccc(-n6c7cc(-c8ccccc8)ccc7c7cc8c(cc76)C(C)(C)c6ccccc6-8)cc5)cc4)c3cc21. The van der Waals surface area contributed by atoms with Crippen molar-refractivity contribution in [2.75, 3.05) is 0 Å². The van der Waals surface area contributed by atoms with Crippen LogP contribution in [0.1, 0.15) is 62.8 Å². The lowest BCUT2D eigenvalue weighted by Gasteiger charge is -2.24. The van der Waals surface area contributed by atoms with Crippen LogP contribution >= 0.6 is 0 Å². The van der Waals surface area contributed by atoms with E-state index >= 15 is 0 Å². The number of allylic oxidation sites excluding steroid dienone is 4. The summed E-state index contributed by atoms with van der Waals surface area (Å²) in [5, 5.41) is 5.16. The average molecular weight is 871 g/mol. The molecule has 11 aromatic rings. The summed E-state index contributed by atoms with van der Waals surface area (Å²) in [7, 11) is 0. The van der Waals surface area contributed by atoms with Crippen LogP contribution in [0.15, 0.2) is 212 Å². The Kier molecular flexibility index (Phi) is 8.24. The van der Waals surface area contributed by atoms with Crippen LogP contribution in [0.5, 0.6) is 0 Å². The van der Waals surface area contributed by atoms with Crippen molar-refractivity contribution in [1.82, 2.24) is 9.13 Å². The van der Waals surface area contributed by atoms with Crippen LogP contribution in [0.3, 0.4) is 0 Å². The molecule has 0 saturated carbocycles. The third-order valence-electron chi connectivity index (χ3n) is 16.0. The van der Waals surface area contributed by atoms with Crippen molar-refractivity contribution in [2.45, 2.75) is 51.4 Å². The van der Waals surface area contributed by atoms with Crippen molar-refractivity contribution in [3.8, 4) is 55.9 Å². The Hall–Kier alpha value is -7.94. The Bertz CT molecular complexity index is 3960. The Balaban J connectivity index is 0.891. The number of hydrogen-bond acceptors (Lipinski definition) is 0. The van der Waals surface area contributed by atoms with E-state index in [1.807, 2.05) is 0 Å². The van der Waals surface area contributed by atoms with Crippen molar-refractivity contribution >= 4 is 49.2 Å². The highest BCUT2D eigenvalue weighted by Crippen LogP contribution is 2.53. The van der Waals surface area contributed by atoms with Gasteiger partial charge in [-0.05, 0) is 151 Å². The second-order valence-electron chi connectivity index (χ2n) is 20.4. The summed E-state index contributed by atoms with van der Waals surface area (Å²) in [6.45, 7) is 9.57. The van der Waals surface area contributed by atoms with Gasteiger partial charge < -0.3 is 9.13 Å². The molecule has 0 saturated heterocycles. The lowest BCUT2D eigenvalue weighted by molar-refractivity contribution is 0.652. The minimum atomic E-state index is -0.0963. The zero-order valence-electron chi connectivity index (χ0n) is 38.9. The van der Waals surface area contributed by atoms with E-state index in [1.165, 1.54) is 127 Å². The maximum Gasteiger partial charge on any atom is 0.0547 e. The minimum absolute atomic E-state index is 0.0475. The average Bonchev–Trinajstić information content (AvgIpc) is 4.03. The van der Waals surface area contributed by atoms with Crippen LogP contribution in [-0.4, -0.2) is 9.13 Å². The number of benzene rings is 9. The molecule has 0 amide bonds. The smallest absolute Gasteiger partial charge is 0.0547 e. The lowest BCUT2D eigenvalue weighted by atomic mass is 9.80. The number of nitrogens with zero attached hydrogens (tertiary/aromatic N) is 2. The second kappa shape index (κ2) is 14.3. The van der Waals surface area contributed by atoms with E-state index < -0.39 is 0 Å². The fourth-order valence-corrected chi connectivity index (χ4v) is 12.5. The lowest BCUT2D eigenvalue weighted by Crippen LogP contribution is -2.16. The van der Waals surface area contributed by atoms with Crippen LogP contribution in [0, 0.1) is 0 Å². The molecule has 2 nitrogen and oxygen atoms in total. The van der Waals surface area contributed by atoms with Gasteiger partial charge in [-0.25, -0.2) is 0 Å². The molecule has 0 spiro atoms. The van der Waals surface area contributed by atoms with E-state index in [1.54, 1.807) is 0 Å². The fraction of sp³-hybridized carbons (Fsp3) is 0.121. The Morgan fingerprint density at radius 3 is 1.37 bits per heavy atom. The molecule has 0 radical (unpaired) electrons. The zero-order chi connectivity index (χ0) is 45.5. The highest BCUT2D eigenvalue weighted by Gasteiger charge is 2.39. The van der Waals surface area contributed by atoms with E-state index in [2.05, 4.69) is 243 Å². The van der Waals surface area contributed by atoms with E-state index in [0.29, 0.717) is 0 Å². The number of rotatable bonds is 5. The highest BCUT2D eigenvalue weighted by molar-refractivity contribution is 6.14. The van der Waals surface area contributed by atoms with Crippen LogP contribution in [0.2, 0.25) is 0 Å². The molecule has 0 aliphatic heterocycles. The summed E-state index contributed by atoms with van der Waals surface area (Å²) in [5.74, 6) is 0. The van der Waals surface area contributed by atoms with Crippen LogP contribution in [0.25, 0.3) is 105 Å². The largest absolute Gasteiger partial charge is 0.309 e. The van der Waals surface area contributed by atoms with Crippen molar-refractivity contribution in [3.63, 3.8) is 0 Å². The van der Waals surface area contributed by atoms with Gasteiger partial charge in [-0.15, -0.1) is 0 Å². The van der Waals surface area contributed by atoms with Gasteiger partial charge in [0.1, 0.15) is 0 Å². The molecule has 3 aliphatic rings.